The number of rotatable bonds is 5. The molecule has 0 atom stereocenters. The average molecular weight is 397 g/mol. The molecule has 5 rings (SSSR count). The van der Waals surface area contributed by atoms with Crippen LogP contribution in [0.1, 0.15) is 11.1 Å². The summed E-state index contributed by atoms with van der Waals surface area (Å²) in [5, 5.41) is 0. The molecule has 5 aromatic rings. The highest BCUT2D eigenvalue weighted by Gasteiger charge is 2.07. The van der Waals surface area contributed by atoms with Gasteiger partial charge in [0, 0.05) is 0 Å². The molecule has 0 aliphatic heterocycles. The van der Waals surface area contributed by atoms with Crippen molar-refractivity contribution in [3.05, 3.63) is 145 Å². The summed E-state index contributed by atoms with van der Waals surface area (Å²) in [7, 11) is 0. The molecule has 0 spiro atoms. The summed E-state index contributed by atoms with van der Waals surface area (Å²) in [5.74, 6) is 0. The van der Waals surface area contributed by atoms with Crippen LogP contribution >= 0.6 is 0 Å². The summed E-state index contributed by atoms with van der Waals surface area (Å²) in [5.41, 5.74) is 10.2. The van der Waals surface area contributed by atoms with Crippen LogP contribution in [-0.4, -0.2) is 0 Å². The minimum absolute atomic E-state index is 0.912. The molecule has 31 heavy (non-hydrogen) atoms. The second-order valence-corrected chi connectivity index (χ2v) is 7.89. The Hall–Kier alpha value is -3.90. The van der Waals surface area contributed by atoms with Crippen molar-refractivity contribution in [3.8, 4) is 33.4 Å². The highest BCUT2D eigenvalue weighted by Crippen LogP contribution is 2.29. The van der Waals surface area contributed by atoms with Crippen molar-refractivity contribution in [2.75, 3.05) is 0 Å². The van der Waals surface area contributed by atoms with Crippen LogP contribution in [0.3, 0.4) is 0 Å². The van der Waals surface area contributed by atoms with Gasteiger partial charge in [-0.25, -0.2) is 0 Å². The molecule has 0 unspecified atom stereocenters. The van der Waals surface area contributed by atoms with Gasteiger partial charge in [-0.15, -0.1) is 0 Å². The van der Waals surface area contributed by atoms with Gasteiger partial charge in [0.1, 0.15) is 0 Å². The van der Waals surface area contributed by atoms with Crippen LogP contribution in [0.15, 0.2) is 133 Å². The average Bonchev–Trinajstić information content (AvgIpc) is 2.86. The van der Waals surface area contributed by atoms with Crippen molar-refractivity contribution in [2.24, 2.45) is 0 Å². The van der Waals surface area contributed by atoms with E-state index in [1.165, 1.54) is 44.5 Å². The third-order valence-corrected chi connectivity index (χ3v) is 5.68. The molecule has 0 aliphatic rings. The maximum absolute atomic E-state index is 2.33. The molecule has 0 heteroatoms. The monoisotopic (exact) mass is 396 g/mol. The molecule has 0 radical (unpaired) electrons. The number of benzene rings is 5. The van der Waals surface area contributed by atoms with Crippen LogP contribution in [0.2, 0.25) is 0 Å². The van der Waals surface area contributed by atoms with Crippen molar-refractivity contribution < 1.29 is 0 Å². The molecule has 0 saturated carbocycles. The maximum atomic E-state index is 2.33. The summed E-state index contributed by atoms with van der Waals surface area (Å²) >= 11 is 0. The molecule has 148 valence electrons. The Labute approximate surface area is 184 Å². The fourth-order valence-electron chi connectivity index (χ4n) is 4.07. The molecule has 0 bridgehead atoms. The SMILES string of the molecule is c1ccc(-c2ccc(Cc3cc(-c4ccccc4)cc(-c4ccccc4)c3)cc2)cc1. The first kappa shape index (κ1) is 19.1. The summed E-state index contributed by atoms with van der Waals surface area (Å²) in [6, 6.07) is 47.7. The van der Waals surface area contributed by atoms with Crippen LogP contribution in [0.4, 0.5) is 0 Å². The molecule has 0 aliphatic carbocycles. The molecule has 0 saturated heterocycles. The lowest BCUT2D eigenvalue weighted by Gasteiger charge is -2.12. The molecular weight excluding hydrogens is 372 g/mol. The van der Waals surface area contributed by atoms with Crippen LogP contribution in [0, 0.1) is 0 Å². The minimum Gasteiger partial charge on any atom is -0.0622 e. The molecular formula is C31H24. The van der Waals surface area contributed by atoms with Gasteiger partial charge in [0.15, 0.2) is 0 Å². The van der Waals surface area contributed by atoms with Gasteiger partial charge in [0.2, 0.25) is 0 Å². The van der Waals surface area contributed by atoms with E-state index in [-0.39, 0.29) is 0 Å². The standard InChI is InChI=1S/C31H24/c1-4-10-26(11-5-1)29-18-16-24(17-19-29)20-25-21-30(27-12-6-2-7-13-27)23-31(22-25)28-14-8-3-9-15-28/h1-19,21-23H,20H2. The number of hydrogen-bond acceptors (Lipinski definition) is 0. The zero-order valence-electron chi connectivity index (χ0n) is 17.4. The Kier molecular flexibility index (Phi) is 5.45. The predicted octanol–water partition coefficient (Wildman–Crippen LogP) is 8.28. The first-order valence-corrected chi connectivity index (χ1v) is 10.7. The first-order chi connectivity index (χ1) is 15.3. The molecule has 5 aromatic carbocycles. The van der Waals surface area contributed by atoms with E-state index in [4.69, 9.17) is 0 Å². The zero-order valence-corrected chi connectivity index (χ0v) is 17.4. The van der Waals surface area contributed by atoms with Crippen molar-refractivity contribution in [2.45, 2.75) is 6.42 Å². The topological polar surface area (TPSA) is 0 Å². The second-order valence-electron chi connectivity index (χ2n) is 7.89. The number of hydrogen-bond donors (Lipinski definition) is 0. The normalized spacial score (nSPS) is 10.7. The molecule has 0 fully saturated rings. The van der Waals surface area contributed by atoms with Crippen molar-refractivity contribution >= 4 is 0 Å². The smallest absolute Gasteiger partial charge is 0.00253 e. The van der Waals surface area contributed by atoms with Crippen molar-refractivity contribution in [1.29, 1.82) is 0 Å². The Balaban J connectivity index is 1.49. The van der Waals surface area contributed by atoms with Crippen LogP contribution < -0.4 is 0 Å². The third-order valence-electron chi connectivity index (χ3n) is 5.68. The van der Waals surface area contributed by atoms with Gasteiger partial charge >= 0.3 is 0 Å². The van der Waals surface area contributed by atoms with Crippen LogP contribution in [0.5, 0.6) is 0 Å². The van der Waals surface area contributed by atoms with E-state index < -0.39 is 0 Å². The van der Waals surface area contributed by atoms with Gasteiger partial charge in [-0.1, -0.05) is 127 Å². The summed E-state index contributed by atoms with van der Waals surface area (Å²) < 4.78 is 0. The van der Waals surface area contributed by atoms with E-state index in [9.17, 15) is 0 Å². The van der Waals surface area contributed by atoms with Crippen molar-refractivity contribution in [3.63, 3.8) is 0 Å². The van der Waals surface area contributed by atoms with Crippen LogP contribution in [-0.2, 0) is 6.42 Å². The summed E-state index contributed by atoms with van der Waals surface area (Å²) in [6.45, 7) is 0. The lowest BCUT2D eigenvalue weighted by molar-refractivity contribution is 1.19. The largest absolute Gasteiger partial charge is 0.0622 e. The predicted molar refractivity (Wildman–Crippen MR) is 132 cm³/mol. The van der Waals surface area contributed by atoms with Gasteiger partial charge in [-0.2, -0.15) is 0 Å². The fraction of sp³-hybridized carbons (Fsp3) is 0.0323. The fourth-order valence-corrected chi connectivity index (χ4v) is 4.07. The van der Waals surface area contributed by atoms with Gasteiger partial charge in [0.25, 0.3) is 0 Å². The van der Waals surface area contributed by atoms with Crippen molar-refractivity contribution in [1.82, 2.24) is 0 Å². The summed E-state index contributed by atoms with van der Waals surface area (Å²) in [6.07, 6.45) is 0.912. The van der Waals surface area contributed by atoms with E-state index >= 15 is 0 Å². The Morgan fingerprint density at radius 2 is 0.677 bits per heavy atom. The van der Waals surface area contributed by atoms with Gasteiger partial charge in [-0.3, -0.25) is 0 Å². The lowest BCUT2D eigenvalue weighted by Crippen LogP contribution is -1.92. The van der Waals surface area contributed by atoms with E-state index in [2.05, 4.69) is 133 Å². The molecule has 0 aromatic heterocycles. The molecule has 0 amide bonds. The lowest BCUT2D eigenvalue weighted by atomic mass is 9.93. The van der Waals surface area contributed by atoms with E-state index in [1.54, 1.807) is 0 Å². The summed E-state index contributed by atoms with van der Waals surface area (Å²) in [4.78, 5) is 0. The Bertz CT molecular complexity index is 1190. The van der Waals surface area contributed by atoms with Gasteiger partial charge in [-0.05, 0) is 57.0 Å². The van der Waals surface area contributed by atoms with E-state index in [0.717, 1.165) is 6.42 Å². The zero-order chi connectivity index (χ0) is 20.9. The molecule has 0 nitrogen and oxygen atoms in total. The quantitative estimate of drug-likeness (QED) is 0.280. The van der Waals surface area contributed by atoms with E-state index in [0.29, 0.717) is 0 Å². The minimum atomic E-state index is 0.912. The molecule has 0 N–H and O–H groups in total. The highest BCUT2D eigenvalue weighted by molar-refractivity contribution is 5.74. The van der Waals surface area contributed by atoms with E-state index in [1.807, 2.05) is 0 Å². The Morgan fingerprint density at radius 1 is 0.290 bits per heavy atom. The Morgan fingerprint density at radius 3 is 1.13 bits per heavy atom. The molecule has 0 heterocycles. The van der Waals surface area contributed by atoms with Crippen LogP contribution in [0.25, 0.3) is 33.4 Å². The first-order valence-electron chi connectivity index (χ1n) is 10.7. The second kappa shape index (κ2) is 8.85. The third kappa shape index (κ3) is 4.49. The maximum Gasteiger partial charge on any atom is -0.00253 e. The van der Waals surface area contributed by atoms with Gasteiger partial charge < -0.3 is 0 Å². The van der Waals surface area contributed by atoms with Gasteiger partial charge in [0.05, 0.1) is 0 Å². The highest BCUT2D eigenvalue weighted by atomic mass is 14.1.